The minimum Gasteiger partial charge on any atom is -0.347 e. The number of hydrogen-bond acceptors (Lipinski definition) is 2. The Kier molecular flexibility index (Phi) is 6.15. The Balaban J connectivity index is 1.95. The molecule has 0 radical (unpaired) electrons. The minimum atomic E-state index is -0.967. The quantitative estimate of drug-likeness (QED) is 0.742. The zero-order valence-electron chi connectivity index (χ0n) is 15.7. The number of rotatable bonds is 4. The van der Waals surface area contributed by atoms with Gasteiger partial charge in [-0.25, -0.2) is 13.6 Å². The molecule has 0 aliphatic heterocycles. The van der Waals surface area contributed by atoms with Crippen LogP contribution in [0.5, 0.6) is 0 Å². The molecule has 0 fully saturated rings. The van der Waals surface area contributed by atoms with Gasteiger partial charge in [-0.3, -0.25) is 4.79 Å². The van der Waals surface area contributed by atoms with Crippen molar-refractivity contribution < 1.29 is 18.4 Å². The lowest BCUT2D eigenvalue weighted by atomic mass is 10.1. The van der Waals surface area contributed by atoms with Gasteiger partial charge in [0, 0.05) is 16.8 Å². The van der Waals surface area contributed by atoms with Gasteiger partial charge in [-0.05, 0) is 69.7 Å². The van der Waals surface area contributed by atoms with Gasteiger partial charge in [0.25, 0.3) is 5.91 Å². The van der Waals surface area contributed by atoms with E-state index in [2.05, 4.69) is 16.0 Å². The van der Waals surface area contributed by atoms with Crippen LogP contribution in [-0.4, -0.2) is 17.5 Å². The first-order chi connectivity index (χ1) is 12.5. The van der Waals surface area contributed by atoms with Gasteiger partial charge in [0.05, 0.1) is 6.04 Å². The van der Waals surface area contributed by atoms with Crippen molar-refractivity contribution >= 4 is 17.6 Å². The number of benzene rings is 2. The molecule has 7 heteroatoms. The summed E-state index contributed by atoms with van der Waals surface area (Å²) < 4.78 is 26.3. The molecule has 2 aromatic carbocycles. The van der Waals surface area contributed by atoms with Crippen LogP contribution in [-0.2, 0) is 0 Å². The molecular weight excluding hydrogens is 352 g/mol. The van der Waals surface area contributed by atoms with Gasteiger partial charge < -0.3 is 16.0 Å². The van der Waals surface area contributed by atoms with Crippen molar-refractivity contribution in [1.82, 2.24) is 10.6 Å². The molecule has 0 saturated heterocycles. The van der Waals surface area contributed by atoms with E-state index in [4.69, 9.17) is 0 Å². The highest BCUT2D eigenvalue weighted by molar-refractivity contribution is 5.96. The molecule has 1 atom stereocenters. The second kappa shape index (κ2) is 8.16. The largest absolute Gasteiger partial charge is 0.347 e. The highest BCUT2D eigenvalue weighted by Crippen LogP contribution is 2.16. The van der Waals surface area contributed by atoms with Crippen LogP contribution in [0.4, 0.5) is 19.3 Å². The molecule has 2 aromatic rings. The van der Waals surface area contributed by atoms with Crippen LogP contribution in [0.2, 0.25) is 0 Å². The lowest BCUT2D eigenvalue weighted by Crippen LogP contribution is -2.40. The van der Waals surface area contributed by atoms with Crippen LogP contribution >= 0.6 is 0 Å². The Bertz CT molecular complexity index is 830. The molecule has 27 heavy (non-hydrogen) atoms. The average molecular weight is 375 g/mol. The summed E-state index contributed by atoms with van der Waals surface area (Å²) in [6.07, 6.45) is 0. The predicted octanol–water partition coefficient (Wildman–Crippen LogP) is 4.38. The number of hydrogen-bond donors (Lipinski definition) is 3. The first-order valence-electron chi connectivity index (χ1n) is 8.50. The minimum absolute atomic E-state index is 0.203. The molecule has 2 rings (SSSR count). The standard InChI is InChI=1S/C20H23F2N3O2/c1-12(14-7-10-16(21)17(22)11-14)23-19(27)24-15-8-5-13(6-9-15)18(26)25-20(2,3)4/h5-12H,1-4H3,(H,25,26)(H2,23,24,27)/t12-/m1/s1. The zero-order chi connectivity index (χ0) is 20.2. The van der Waals surface area contributed by atoms with Gasteiger partial charge in [0.2, 0.25) is 0 Å². The average Bonchev–Trinajstić information content (AvgIpc) is 2.56. The molecule has 0 heterocycles. The summed E-state index contributed by atoms with van der Waals surface area (Å²) in [5.41, 5.74) is 1.07. The molecule has 144 valence electrons. The Morgan fingerprint density at radius 3 is 2.15 bits per heavy atom. The second-order valence-electron chi connectivity index (χ2n) is 7.28. The van der Waals surface area contributed by atoms with Crippen LogP contribution in [0, 0.1) is 11.6 Å². The normalized spacial score (nSPS) is 12.2. The van der Waals surface area contributed by atoms with Crippen molar-refractivity contribution in [2.24, 2.45) is 0 Å². The molecule has 0 aromatic heterocycles. The van der Waals surface area contributed by atoms with Gasteiger partial charge in [-0.15, -0.1) is 0 Å². The van der Waals surface area contributed by atoms with Crippen molar-refractivity contribution in [2.45, 2.75) is 39.3 Å². The summed E-state index contributed by atoms with van der Waals surface area (Å²) in [5.74, 6) is -2.11. The highest BCUT2D eigenvalue weighted by atomic mass is 19.2. The molecule has 0 spiro atoms. The van der Waals surface area contributed by atoms with Crippen LogP contribution in [0.15, 0.2) is 42.5 Å². The molecule has 0 unspecified atom stereocenters. The van der Waals surface area contributed by atoms with Gasteiger partial charge in [-0.2, -0.15) is 0 Å². The highest BCUT2D eigenvalue weighted by Gasteiger charge is 2.16. The Morgan fingerprint density at radius 1 is 0.963 bits per heavy atom. The van der Waals surface area contributed by atoms with Crippen molar-refractivity contribution in [2.75, 3.05) is 5.32 Å². The van der Waals surface area contributed by atoms with E-state index in [1.165, 1.54) is 6.07 Å². The Morgan fingerprint density at radius 2 is 1.59 bits per heavy atom. The molecule has 3 amide bonds. The lowest BCUT2D eigenvalue weighted by Gasteiger charge is -2.20. The summed E-state index contributed by atoms with van der Waals surface area (Å²) in [5, 5.41) is 8.13. The number of carbonyl (C=O) groups is 2. The fourth-order valence-electron chi connectivity index (χ4n) is 2.35. The summed E-state index contributed by atoms with van der Waals surface area (Å²) in [6.45, 7) is 7.32. The Labute approximate surface area is 157 Å². The third-order valence-electron chi connectivity index (χ3n) is 3.68. The van der Waals surface area contributed by atoms with E-state index in [9.17, 15) is 18.4 Å². The molecule has 0 saturated carbocycles. The van der Waals surface area contributed by atoms with Crippen molar-refractivity contribution in [3.63, 3.8) is 0 Å². The monoisotopic (exact) mass is 375 g/mol. The number of anilines is 1. The van der Waals surface area contributed by atoms with E-state index < -0.39 is 23.7 Å². The van der Waals surface area contributed by atoms with Crippen LogP contribution in [0.25, 0.3) is 0 Å². The van der Waals surface area contributed by atoms with E-state index in [-0.39, 0.29) is 11.4 Å². The predicted molar refractivity (Wildman–Crippen MR) is 101 cm³/mol. The topological polar surface area (TPSA) is 70.2 Å². The third kappa shape index (κ3) is 6.06. The smallest absolute Gasteiger partial charge is 0.319 e. The van der Waals surface area contributed by atoms with Crippen molar-refractivity contribution in [1.29, 1.82) is 0 Å². The zero-order valence-corrected chi connectivity index (χ0v) is 15.7. The first kappa shape index (κ1) is 20.4. The molecule has 0 bridgehead atoms. The van der Waals surface area contributed by atoms with E-state index >= 15 is 0 Å². The van der Waals surface area contributed by atoms with Gasteiger partial charge in [0.1, 0.15) is 0 Å². The second-order valence-corrected chi connectivity index (χ2v) is 7.28. The molecular formula is C20H23F2N3O2. The van der Waals surface area contributed by atoms with Gasteiger partial charge in [-0.1, -0.05) is 6.07 Å². The first-order valence-corrected chi connectivity index (χ1v) is 8.50. The molecule has 0 aliphatic carbocycles. The summed E-state index contributed by atoms with van der Waals surface area (Å²) in [7, 11) is 0. The van der Waals surface area contributed by atoms with Gasteiger partial charge >= 0.3 is 6.03 Å². The number of amides is 3. The molecule has 3 N–H and O–H groups in total. The van der Waals surface area contributed by atoms with E-state index in [0.29, 0.717) is 16.8 Å². The van der Waals surface area contributed by atoms with Crippen molar-refractivity contribution in [3.8, 4) is 0 Å². The number of nitrogens with one attached hydrogen (secondary N) is 3. The fraction of sp³-hybridized carbons (Fsp3) is 0.300. The SMILES string of the molecule is C[C@@H](NC(=O)Nc1ccc(C(=O)NC(C)(C)C)cc1)c1ccc(F)c(F)c1. The molecule has 5 nitrogen and oxygen atoms in total. The summed E-state index contributed by atoms with van der Waals surface area (Å²) in [4.78, 5) is 24.2. The van der Waals surface area contributed by atoms with Gasteiger partial charge in [0.15, 0.2) is 11.6 Å². The van der Waals surface area contributed by atoms with Crippen LogP contribution in [0.1, 0.15) is 49.7 Å². The number of carbonyl (C=O) groups excluding carboxylic acids is 2. The maximum atomic E-state index is 13.3. The lowest BCUT2D eigenvalue weighted by molar-refractivity contribution is 0.0919. The van der Waals surface area contributed by atoms with E-state index in [1.807, 2.05) is 20.8 Å². The number of halogens is 2. The summed E-state index contributed by atoms with van der Waals surface area (Å²) in [6, 6.07) is 8.89. The third-order valence-corrected chi connectivity index (χ3v) is 3.68. The maximum absolute atomic E-state index is 13.3. The van der Waals surface area contributed by atoms with E-state index in [1.54, 1.807) is 31.2 Å². The van der Waals surface area contributed by atoms with Crippen molar-refractivity contribution in [3.05, 3.63) is 65.2 Å². The maximum Gasteiger partial charge on any atom is 0.319 e. The van der Waals surface area contributed by atoms with Crippen LogP contribution in [0.3, 0.4) is 0 Å². The molecule has 0 aliphatic rings. The van der Waals surface area contributed by atoms with Crippen LogP contribution < -0.4 is 16.0 Å². The Hall–Kier alpha value is -2.96. The number of urea groups is 1. The summed E-state index contributed by atoms with van der Waals surface area (Å²) >= 11 is 0. The van der Waals surface area contributed by atoms with E-state index in [0.717, 1.165) is 12.1 Å². The fourth-order valence-corrected chi connectivity index (χ4v) is 2.35.